The van der Waals surface area contributed by atoms with E-state index in [2.05, 4.69) is 15.8 Å². The van der Waals surface area contributed by atoms with Gasteiger partial charge in [0.05, 0.1) is 32.6 Å². The predicted molar refractivity (Wildman–Crippen MR) is 121 cm³/mol. The van der Waals surface area contributed by atoms with Gasteiger partial charge < -0.3 is 19.5 Å². The van der Waals surface area contributed by atoms with E-state index in [9.17, 15) is 14.4 Å². The smallest absolute Gasteiger partial charge is 0.341 e. The number of nitrogens with zero attached hydrogens (tertiary/aromatic N) is 1. The van der Waals surface area contributed by atoms with Gasteiger partial charge in [-0.15, -0.1) is 11.3 Å². The molecule has 0 saturated carbocycles. The Kier molecular flexibility index (Phi) is 7.82. The fourth-order valence-corrected chi connectivity index (χ4v) is 4.66. The van der Waals surface area contributed by atoms with Crippen LogP contribution in [0.1, 0.15) is 46.1 Å². The summed E-state index contributed by atoms with van der Waals surface area (Å²) in [5.74, 6) is -1.28. The molecule has 170 valence electrons. The van der Waals surface area contributed by atoms with Crippen molar-refractivity contribution in [3.63, 3.8) is 0 Å². The molecule has 32 heavy (non-hydrogen) atoms. The highest BCUT2D eigenvalue weighted by Gasteiger charge is 2.28. The van der Waals surface area contributed by atoms with Crippen LogP contribution in [0.2, 0.25) is 0 Å². The molecule has 1 aliphatic carbocycles. The van der Waals surface area contributed by atoms with Gasteiger partial charge in [0.2, 0.25) is 0 Å². The molecule has 0 saturated heterocycles. The number of hydrogen-bond acceptors (Lipinski definition) is 8. The molecule has 10 heteroatoms. The summed E-state index contributed by atoms with van der Waals surface area (Å²) < 4.78 is 15.6. The van der Waals surface area contributed by atoms with Crippen LogP contribution >= 0.6 is 11.3 Å². The second-order valence-electron chi connectivity index (χ2n) is 6.90. The van der Waals surface area contributed by atoms with Crippen LogP contribution in [-0.4, -0.2) is 44.8 Å². The number of fused-ring (bicyclic) bond motifs is 1. The molecule has 1 heterocycles. The maximum absolute atomic E-state index is 12.5. The van der Waals surface area contributed by atoms with Gasteiger partial charge in [-0.3, -0.25) is 9.59 Å². The summed E-state index contributed by atoms with van der Waals surface area (Å²) in [6.45, 7) is 1.94. The Morgan fingerprint density at radius 1 is 1.12 bits per heavy atom. The summed E-state index contributed by atoms with van der Waals surface area (Å²) in [6.07, 6.45) is 4.91. The molecule has 1 aromatic heterocycles. The number of anilines is 1. The van der Waals surface area contributed by atoms with E-state index in [-0.39, 0.29) is 6.61 Å². The van der Waals surface area contributed by atoms with E-state index in [1.54, 1.807) is 25.1 Å². The van der Waals surface area contributed by atoms with Gasteiger partial charge >= 0.3 is 17.8 Å². The average Bonchev–Trinajstić information content (AvgIpc) is 3.16. The molecule has 3 rings (SSSR count). The van der Waals surface area contributed by atoms with Crippen molar-refractivity contribution in [3.8, 4) is 11.5 Å². The molecule has 2 amide bonds. The lowest BCUT2D eigenvalue weighted by Gasteiger charge is -2.12. The fraction of sp³-hybridized carbons (Fsp3) is 0.364. The zero-order valence-corrected chi connectivity index (χ0v) is 19.0. The average molecular weight is 460 g/mol. The van der Waals surface area contributed by atoms with E-state index in [1.165, 1.54) is 31.8 Å². The van der Waals surface area contributed by atoms with E-state index in [1.807, 2.05) is 0 Å². The summed E-state index contributed by atoms with van der Waals surface area (Å²) in [7, 11) is 3.04. The van der Waals surface area contributed by atoms with E-state index in [0.717, 1.165) is 36.1 Å². The van der Waals surface area contributed by atoms with Gasteiger partial charge in [0.15, 0.2) is 0 Å². The fourth-order valence-electron chi connectivity index (χ4n) is 3.38. The maximum Gasteiger partial charge on any atom is 0.341 e. The molecular formula is C22H25N3O6S. The summed E-state index contributed by atoms with van der Waals surface area (Å²) in [5, 5.41) is 6.70. The number of carbonyl (C=O) groups excluding carboxylic acids is 3. The quantitative estimate of drug-likeness (QED) is 0.285. The molecule has 0 aliphatic heterocycles. The van der Waals surface area contributed by atoms with E-state index < -0.39 is 17.8 Å². The van der Waals surface area contributed by atoms with Crippen molar-refractivity contribution in [2.24, 2.45) is 5.10 Å². The van der Waals surface area contributed by atoms with Gasteiger partial charge in [-0.2, -0.15) is 5.10 Å². The molecule has 0 atom stereocenters. The third-order valence-electron chi connectivity index (χ3n) is 4.89. The third kappa shape index (κ3) is 5.25. The summed E-state index contributed by atoms with van der Waals surface area (Å²) >= 11 is 1.31. The summed E-state index contributed by atoms with van der Waals surface area (Å²) in [5.41, 5.74) is 3.99. The first kappa shape index (κ1) is 23.3. The van der Waals surface area contributed by atoms with Crippen LogP contribution in [-0.2, 0) is 27.2 Å². The molecule has 2 aromatic rings. The van der Waals surface area contributed by atoms with Crippen molar-refractivity contribution in [2.75, 3.05) is 26.1 Å². The lowest BCUT2D eigenvalue weighted by molar-refractivity contribution is -0.136. The number of thiophene rings is 1. The van der Waals surface area contributed by atoms with E-state index in [4.69, 9.17) is 14.2 Å². The number of benzene rings is 1. The van der Waals surface area contributed by atoms with Crippen molar-refractivity contribution in [1.82, 2.24) is 5.43 Å². The Labute approximate surface area is 189 Å². The molecule has 0 spiro atoms. The molecule has 9 nitrogen and oxygen atoms in total. The van der Waals surface area contributed by atoms with Gasteiger partial charge in [-0.1, -0.05) is 0 Å². The normalized spacial score (nSPS) is 12.7. The first-order valence-electron chi connectivity index (χ1n) is 10.2. The standard InChI is InChI=1S/C22H25N3O6S/c1-4-31-22(28)18-15-7-5-6-8-17(15)32-21(18)24-19(26)20(27)25-23-12-13-11-14(29-2)9-10-16(13)30-3/h9-12H,4-8H2,1-3H3,(H,24,26)(H,25,27). The van der Waals surface area contributed by atoms with Crippen LogP contribution < -0.4 is 20.2 Å². The van der Waals surface area contributed by atoms with Gasteiger partial charge in [-0.05, 0) is 56.4 Å². The molecule has 0 bridgehead atoms. The third-order valence-corrected chi connectivity index (χ3v) is 6.10. The molecule has 0 radical (unpaired) electrons. The number of carbonyl (C=O) groups is 3. The number of rotatable bonds is 7. The molecule has 0 fully saturated rings. The largest absolute Gasteiger partial charge is 0.497 e. The van der Waals surface area contributed by atoms with Crippen LogP contribution in [0.3, 0.4) is 0 Å². The minimum absolute atomic E-state index is 0.222. The van der Waals surface area contributed by atoms with Crippen LogP contribution in [0.25, 0.3) is 0 Å². The number of esters is 1. The number of nitrogens with one attached hydrogen (secondary N) is 2. The summed E-state index contributed by atoms with van der Waals surface area (Å²) in [6, 6.07) is 5.10. The Balaban J connectivity index is 1.71. The van der Waals surface area contributed by atoms with Crippen LogP contribution in [0, 0.1) is 0 Å². The van der Waals surface area contributed by atoms with E-state index >= 15 is 0 Å². The first-order valence-corrected chi connectivity index (χ1v) is 11.0. The SMILES string of the molecule is CCOC(=O)c1c(NC(=O)C(=O)NN=Cc2cc(OC)ccc2OC)sc2c1CCCC2. The predicted octanol–water partition coefficient (Wildman–Crippen LogP) is 2.91. The van der Waals surface area contributed by atoms with Gasteiger partial charge in [-0.25, -0.2) is 10.2 Å². The van der Waals surface area contributed by atoms with Crippen molar-refractivity contribution < 1.29 is 28.6 Å². The summed E-state index contributed by atoms with van der Waals surface area (Å²) in [4.78, 5) is 38.2. The molecule has 2 N–H and O–H groups in total. The van der Waals surface area contributed by atoms with Crippen molar-refractivity contribution >= 4 is 40.3 Å². The Morgan fingerprint density at radius 2 is 1.91 bits per heavy atom. The first-order chi connectivity index (χ1) is 15.5. The Hall–Kier alpha value is -3.40. The lowest BCUT2D eigenvalue weighted by Crippen LogP contribution is -2.32. The topological polar surface area (TPSA) is 115 Å². The minimum Gasteiger partial charge on any atom is -0.497 e. The van der Waals surface area contributed by atoms with Gasteiger partial charge in [0.1, 0.15) is 16.5 Å². The highest BCUT2D eigenvalue weighted by Crippen LogP contribution is 2.38. The van der Waals surface area contributed by atoms with Gasteiger partial charge in [0.25, 0.3) is 0 Å². The maximum atomic E-state index is 12.5. The van der Waals surface area contributed by atoms with Crippen LogP contribution in [0.4, 0.5) is 5.00 Å². The number of hydrogen-bond donors (Lipinski definition) is 2. The van der Waals surface area contributed by atoms with Gasteiger partial charge in [0, 0.05) is 10.4 Å². The molecule has 1 aromatic carbocycles. The molecule has 1 aliphatic rings. The number of methoxy groups -OCH3 is 2. The van der Waals surface area contributed by atoms with Crippen molar-refractivity contribution in [3.05, 3.63) is 39.8 Å². The highest BCUT2D eigenvalue weighted by molar-refractivity contribution is 7.17. The Morgan fingerprint density at radius 3 is 2.62 bits per heavy atom. The number of ether oxygens (including phenoxy) is 3. The Bertz CT molecular complexity index is 1050. The molecule has 0 unspecified atom stereocenters. The number of amides is 2. The second kappa shape index (κ2) is 10.8. The minimum atomic E-state index is -0.968. The highest BCUT2D eigenvalue weighted by atomic mass is 32.1. The van der Waals surface area contributed by atoms with Crippen LogP contribution in [0.5, 0.6) is 11.5 Å². The van der Waals surface area contributed by atoms with Crippen LogP contribution in [0.15, 0.2) is 23.3 Å². The number of hydrazone groups is 1. The number of aryl methyl sites for hydroxylation is 1. The molecular weight excluding hydrogens is 434 g/mol. The van der Waals surface area contributed by atoms with E-state index in [0.29, 0.717) is 27.6 Å². The monoisotopic (exact) mass is 459 g/mol. The second-order valence-corrected chi connectivity index (χ2v) is 8.00. The zero-order valence-electron chi connectivity index (χ0n) is 18.1. The van der Waals surface area contributed by atoms with Crippen molar-refractivity contribution in [1.29, 1.82) is 0 Å². The lowest BCUT2D eigenvalue weighted by atomic mass is 9.95. The zero-order chi connectivity index (χ0) is 23.1. The van der Waals surface area contributed by atoms with Crippen molar-refractivity contribution in [2.45, 2.75) is 32.6 Å².